The molecule has 2 rings (SSSR count). The molecule has 104 valence electrons. The Morgan fingerprint density at radius 2 is 2.05 bits per heavy atom. The van der Waals surface area contributed by atoms with Crippen LogP contribution in [0.25, 0.3) is 0 Å². The van der Waals surface area contributed by atoms with E-state index in [1.54, 1.807) is 0 Å². The molecule has 3 N–H and O–H groups in total. The van der Waals surface area contributed by atoms with Crippen molar-refractivity contribution in [2.45, 2.75) is 19.8 Å². The summed E-state index contributed by atoms with van der Waals surface area (Å²) in [6.07, 6.45) is 1.53. The molecule has 1 amide bonds. The van der Waals surface area contributed by atoms with Gasteiger partial charge >= 0.3 is 0 Å². The summed E-state index contributed by atoms with van der Waals surface area (Å²) in [7, 11) is 0. The van der Waals surface area contributed by atoms with E-state index in [1.165, 1.54) is 11.8 Å². The highest BCUT2D eigenvalue weighted by Crippen LogP contribution is 2.13. The highest BCUT2D eigenvalue weighted by atomic mass is 16.6. The van der Waals surface area contributed by atoms with Crippen molar-refractivity contribution in [2.75, 3.05) is 5.73 Å². The lowest BCUT2D eigenvalue weighted by Gasteiger charge is -2.04. The van der Waals surface area contributed by atoms with Gasteiger partial charge in [-0.15, -0.1) is 0 Å². The number of anilines is 1. The van der Waals surface area contributed by atoms with Crippen LogP contribution >= 0.6 is 0 Å². The second-order valence-corrected chi connectivity index (χ2v) is 4.52. The fourth-order valence-corrected chi connectivity index (χ4v) is 1.54. The Labute approximate surface area is 115 Å². The number of nitrogens with one attached hydrogen (secondary N) is 1. The molecule has 0 aliphatic carbocycles. The van der Waals surface area contributed by atoms with Gasteiger partial charge in [0, 0.05) is 0 Å². The predicted octanol–water partition coefficient (Wildman–Crippen LogP) is 1.54. The van der Waals surface area contributed by atoms with Crippen LogP contribution in [0, 0.1) is 0 Å². The number of carbonyl (C=O) groups excluding carboxylic acids is 1. The Morgan fingerprint density at radius 1 is 1.35 bits per heavy atom. The molecule has 20 heavy (non-hydrogen) atoms. The van der Waals surface area contributed by atoms with Crippen molar-refractivity contribution in [3.05, 3.63) is 41.1 Å². The van der Waals surface area contributed by atoms with Crippen LogP contribution in [0.15, 0.2) is 34.0 Å². The van der Waals surface area contributed by atoms with Gasteiger partial charge in [0.05, 0.1) is 6.21 Å². The van der Waals surface area contributed by atoms with Crippen LogP contribution in [0.1, 0.15) is 41.4 Å². The molecule has 0 spiro atoms. The summed E-state index contributed by atoms with van der Waals surface area (Å²) in [6.45, 7) is 4.25. The fourth-order valence-electron chi connectivity index (χ4n) is 1.54. The lowest BCUT2D eigenvalue weighted by molar-refractivity contribution is 0.0946. The van der Waals surface area contributed by atoms with Crippen LogP contribution in [0.3, 0.4) is 0 Å². The summed E-state index contributed by atoms with van der Waals surface area (Å²) in [4.78, 5) is 11.6. The van der Waals surface area contributed by atoms with E-state index in [2.05, 4.69) is 39.3 Å². The standard InChI is InChI=1S/C13H15N5O2/c1-8(2)10-5-3-9(4-6-10)7-15-16-13(19)11-12(14)18-20-17-11/h3-8H,1-2H3,(H2,14,18)(H,16,19)/b15-7+. The molecule has 7 heteroatoms. The zero-order valence-corrected chi connectivity index (χ0v) is 11.2. The lowest BCUT2D eigenvalue weighted by Crippen LogP contribution is -2.19. The van der Waals surface area contributed by atoms with Gasteiger partial charge < -0.3 is 5.73 Å². The van der Waals surface area contributed by atoms with Crippen LogP contribution < -0.4 is 11.2 Å². The molecular formula is C13H15N5O2. The molecule has 2 aromatic rings. The number of hydrazone groups is 1. The van der Waals surface area contributed by atoms with Crippen molar-refractivity contribution in [1.82, 2.24) is 15.7 Å². The zero-order valence-electron chi connectivity index (χ0n) is 11.2. The molecule has 0 bridgehead atoms. The van der Waals surface area contributed by atoms with Crippen molar-refractivity contribution in [3.63, 3.8) is 0 Å². The van der Waals surface area contributed by atoms with Gasteiger partial charge in [0.15, 0.2) is 0 Å². The minimum Gasteiger partial charge on any atom is -0.379 e. The molecule has 7 nitrogen and oxygen atoms in total. The Kier molecular flexibility index (Phi) is 4.09. The van der Waals surface area contributed by atoms with E-state index in [9.17, 15) is 4.79 Å². The SMILES string of the molecule is CC(C)c1ccc(/C=N/NC(=O)c2nonc2N)cc1. The fraction of sp³-hybridized carbons (Fsp3) is 0.231. The molecule has 0 atom stereocenters. The first-order valence-electron chi connectivity index (χ1n) is 6.09. The molecule has 0 unspecified atom stereocenters. The largest absolute Gasteiger partial charge is 0.379 e. The Balaban J connectivity index is 1.96. The average molecular weight is 273 g/mol. The maximum absolute atomic E-state index is 11.6. The van der Waals surface area contributed by atoms with Gasteiger partial charge in [-0.2, -0.15) is 5.10 Å². The number of rotatable bonds is 4. The van der Waals surface area contributed by atoms with E-state index >= 15 is 0 Å². The number of amides is 1. The second kappa shape index (κ2) is 5.96. The van der Waals surface area contributed by atoms with E-state index in [0.717, 1.165) is 5.56 Å². The highest BCUT2D eigenvalue weighted by molar-refractivity contribution is 5.96. The van der Waals surface area contributed by atoms with E-state index < -0.39 is 5.91 Å². The normalized spacial score (nSPS) is 11.2. The molecule has 0 saturated heterocycles. The number of hydrogen-bond acceptors (Lipinski definition) is 6. The molecule has 0 saturated carbocycles. The van der Waals surface area contributed by atoms with Crippen molar-refractivity contribution < 1.29 is 9.42 Å². The van der Waals surface area contributed by atoms with E-state index in [-0.39, 0.29) is 11.5 Å². The smallest absolute Gasteiger partial charge is 0.297 e. The van der Waals surface area contributed by atoms with Gasteiger partial charge in [-0.05, 0) is 27.4 Å². The van der Waals surface area contributed by atoms with Crippen LogP contribution in [0.5, 0.6) is 0 Å². The maximum Gasteiger partial charge on any atom is 0.297 e. The molecule has 0 aliphatic rings. The molecule has 0 aliphatic heterocycles. The third-order valence-corrected chi connectivity index (χ3v) is 2.71. The first-order chi connectivity index (χ1) is 9.58. The molecule has 1 heterocycles. The number of nitrogen functional groups attached to an aromatic ring is 1. The quantitative estimate of drug-likeness (QED) is 0.649. The summed E-state index contributed by atoms with van der Waals surface area (Å²) in [5.41, 5.74) is 9.72. The van der Waals surface area contributed by atoms with Crippen molar-refractivity contribution in [3.8, 4) is 0 Å². The van der Waals surface area contributed by atoms with Crippen molar-refractivity contribution in [1.29, 1.82) is 0 Å². The van der Waals surface area contributed by atoms with Gasteiger partial charge in [0.1, 0.15) is 0 Å². The molecule has 1 aromatic carbocycles. The number of hydrogen-bond donors (Lipinski definition) is 2. The number of benzene rings is 1. The first-order valence-corrected chi connectivity index (χ1v) is 6.09. The summed E-state index contributed by atoms with van der Waals surface area (Å²) in [5.74, 6) is -0.166. The summed E-state index contributed by atoms with van der Waals surface area (Å²) >= 11 is 0. The van der Waals surface area contributed by atoms with Gasteiger partial charge in [-0.25, -0.2) is 10.1 Å². The molecule has 0 radical (unpaired) electrons. The first kappa shape index (κ1) is 13.7. The van der Waals surface area contributed by atoms with Crippen LogP contribution in [-0.2, 0) is 0 Å². The minimum atomic E-state index is -0.571. The number of aromatic nitrogens is 2. The number of carbonyl (C=O) groups is 1. The Morgan fingerprint density at radius 3 is 2.60 bits per heavy atom. The van der Waals surface area contributed by atoms with Crippen molar-refractivity contribution in [2.24, 2.45) is 5.10 Å². The monoisotopic (exact) mass is 273 g/mol. The maximum atomic E-state index is 11.6. The van der Waals surface area contributed by atoms with Crippen LogP contribution in [0.4, 0.5) is 5.82 Å². The van der Waals surface area contributed by atoms with Crippen LogP contribution in [-0.4, -0.2) is 22.4 Å². The van der Waals surface area contributed by atoms with Gasteiger partial charge in [0.25, 0.3) is 5.91 Å². The summed E-state index contributed by atoms with van der Waals surface area (Å²) in [5, 5.41) is 10.5. The van der Waals surface area contributed by atoms with Gasteiger partial charge in [-0.1, -0.05) is 38.1 Å². The Hall–Kier alpha value is -2.70. The van der Waals surface area contributed by atoms with Gasteiger partial charge in [0.2, 0.25) is 11.5 Å². The third-order valence-electron chi connectivity index (χ3n) is 2.71. The van der Waals surface area contributed by atoms with E-state index in [4.69, 9.17) is 5.73 Å². The zero-order chi connectivity index (χ0) is 14.5. The van der Waals surface area contributed by atoms with Crippen molar-refractivity contribution >= 4 is 17.9 Å². The van der Waals surface area contributed by atoms with E-state index in [0.29, 0.717) is 5.92 Å². The number of nitrogens with zero attached hydrogens (tertiary/aromatic N) is 3. The second-order valence-electron chi connectivity index (χ2n) is 4.52. The van der Waals surface area contributed by atoms with E-state index in [1.807, 2.05) is 24.3 Å². The van der Waals surface area contributed by atoms with Crippen LogP contribution in [0.2, 0.25) is 0 Å². The third kappa shape index (κ3) is 3.19. The molecule has 1 aromatic heterocycles. The lowest BCUT2D eigenvalue weighted by atomic mass is 10.0. The summed E-state index contributed by atoms with van der Waals surface area (Å²) < 4.78 is 4.33. The summed E-state index contributed by atoms with van der Waals surface area (Å²) in [6, 6.07) is 7.90. The predicted molar refractivity (Wildman–Crippen MR) is 74.3 cm³/mol. The highest BCUT2D eigenvalue weighted by Gasteiger charge is 2.14. The van der Waals surface area contributed by atoms with Gasteiger partial charge in [-0.3, -0.25) is 4.79 Å². The average Bonchev–Trinajstić information content (AvgIpc) is 2.85. The Bertz CT molecular complexity index is 616. The molecular weight excluding hydrogens is 258 g/mol. The number of nitrogens with two attached hydrogens (primary N) is 1. The topological polar surface area (TPSA) is 106 Å². The molecule has 0 fully saturated rings. The minimum absolute atomic E-state index is 0.0704.